The molecule has 0 saturated carbocycles. The van der Waals surface area contributed by atoms with Gasteiger partial charge in [0.15, 0.2) is 11.6 Å². The number of amides is 1. The van der Waals surface area contributed by atoms with Gasteiger partial charge in [-0.1, -0.05) is 0 Å². The Morgan fingerprint density at radius 1 is 1.36 bits per heavy atom. The Hall–Kier alpha value is -2.42. The van der Waals surface area contributed by atoms with E-state index >= 15 is 0 Å². The number of H-pyrrole nitrogens is 1. The highest BCUT2D eigenvalue weighted by molar-refractivity contribution is 5.91. The van der Waals surface area contributed by atoms with E-state index in [0.717, 1.165) is 11.3 Å². The number of rotatable bonds is 3. The molecule has 0 saturated heterocycles. The molecule has 1 aliphatic rings. The lowest BCUT2D eigenvalue weighted by Gasteiger charge is -2.12. The largest absolute Gasteiger partial charge is 0.376 e. The van der Waals surface area contributed by atoms with Crippen molar-refractivity contribution < 1.29 is 22.7 Å². The van der Waals surface area contributed by atoms with Crippen LogP contribution in [-0.2, 0) is 29.0 Å². The Labute approximate surface area is 122 Å². The molecule has 0 unspecified atom stereocenters. The van der Waals surface area contributed by atoms with Crippen LogP contribution in [0.2, 0.25) is 0 Å². The van der Waals surface area contributed by atoms with Gasteiger partial charge >= 0.3 is 0 Å². The lowest BCUT2D eigenvalue weighted by Crippen LogP contribution is -2.19. The Kier molecular flexibility index (Phi) is 3.80. The number of nitrogens with one attached hydrogen (secondary N) is 2. The van der Waals surface area contributed by atoms with Crippen molar-refractivity contribution in [2.24, 2.45) is 0 Å². The number of aromatic nitrogens is 3. The number of halogens is 3. The molecule has 3 rings (SSSR count). The van der Waals surface area contributed by atoms with E-state index in [4.69, 9.17) is 4.74 Å². The van der Waals surface area contributed by atoms with Crippen LogP contribution < -0.4 is 5.32 Å². The number of hydrogen-bond donors (Lipinski definition) is 2. The zero-order valence-electron chi connectivity index (χ0n) is 11.3. The lowest BCUT2D eigenvalue weighted by atomic mass is 10.1. The summed E-state index contributed by atoms with van der Waals surface area (Å²) >= 11 is 0. The fraction of sp³-hybridized carbons (Fsp3) is 0.308. The summed E-state index contributed by atoms with van der Waals surface area (Å²) in [5, 5.41) is 9.20. The summed E-state index contributed by atoms with van der Waals surface area (Å²) in [4.78, 5) is 15.0. The molecule has 0 bridgehead atoms. The van der Waals surface area contributed by atoms with Crippen molar-refractivity contribution >= 4 is 11.7 Å². The van der Waals surface area contributed by atoms with E-state index in [1.54, 1.807) is 0 Å². The van der Waals surface area contributed by atoms with Crippen molar-refractivity contribution in [2.75, 3.05) is 11.9 Å². The molecule has 9 heteroatoms. The van der Waals surface area contributed by atoms with E-state index in [9.17, 15) is 18.0 Å². The smallest absolute Gasteiger partial charge is 0.249 e. The predicted molar refractivity (Wildman–Crippen MR) is 68.4 cm³/mol. The van der Waals surface area contributed by atoms with Crippen LogP contribution in [0.15, 0.2) is 6.07 Å². The Morgan fingerprint density at radius 2 is 2.18 bits per heavy atom. The Balaban J connectivity index is 1.73. The van der Waals surface area contributed by atoms with E-state index < -0.39 is 35.6 Å². The van der Waals surface area contributed by atoms with Gasteiger partial charge in [-0.25, -0.2) is 13.8 Å². The Bertz CT molecular complexity index is 732. The minimum Gasteiger partial charge on any atom is -0.376 e. The molecule has 6 nitrogen and oxygen atoms in total. The number of anilines is 1. The summed E-state index contributed by atoms with van der Waals surface area (Å²) in [5.74, 6) is -4.30. The van der Waals surface area contributed by atoms with Gasteiger partial charge < -0.3 is 10.1 Å². The third kappa shape index (κ3) is 2.80. The molecular formula is C13H11F3N4O2. The number of ether oxygens (including phenoxy) is 1. The SMILES string of the molecule is O=C(Cc1nc(F)c(F)cc1F)Nc1n[nH]c2c1COCC2. The predicted octanol–water partition coefficient (Wildman–Crippen LogP) is 1.48. The third-order valence-electron chi connectivity index (χ3n) is 3.24. The lowest BCUT2D eigenvalue weighted by molar-refractivity contribution is -0.115. The third-order valence-corrected chi connectivity index (χ3v) is 3.24. The number of carbonyl (C=O) groups is 1. The monoisotopic (exact) mass is 312 g/mol. The summed E-state index contributed by atoms with van der Waals surface area (Å²) in [6.07, 6.45) is 0.114. The number of aromatic amines is 1. The number of fused-ring (bicyclic) bond motifs is 1. The Morgan fingerprint density at radius 3 is 3.00 bits per heavy atom. The first-order valence-electron chi connectivity index (χ1n) is 6.48. The summed E-state index contributed by atoms with van der Waals surface area (Å²) in [6.45, 7) is 0.867. The van der Waals surface area contributed by atoms with E-state index in [-0.39, 0.29) is 5.82 Å². The van der Waals surface area contributed by atoms with Gasteiger partial charge in [-0.05, 0) is 0 Å². The molecule has 0 aromatic carbocycles. The van der Waals surface area contributed by atoms with Gasteiger partial charge in [-0.2, -0.15) is 9.49 Å². The highest BCUT2D eigenvalue weighted by Gasteiger charge is 2.20. The zero-order valence-corrected chi connectivity index (χ0v) is 11.3. The zero-order chi connectivity index (χ0) is 15.7. The second kappa shape index (κ2) is 5.76. The van der Waals surface area contributed by atoms with Gasteiger partial charge in [0.2, 0.25) is 11.9 Å². The molecule has 2 N–H and O–H groups in total. The number of nitrogens with zero attached hydrogens (tertiary/aromatic N) is 2. The summed E-state index contributed by atoms with van der Waals surface area (Å²) in [7, 11) is 0. The maximum Gasteiger partial charge on any atom is 0.249 e. The van der Waals surface area contributed by atoms with Crippen LogP contribution in [0.25, 0.3) is 0 Å². The molecule has 0 atom stereocenters. The molecule has 1 aliphatic heterocycles. The van der Waals surface area contributed by atoms with Crippen LogP contribution in [-0.4, -0.2) is 27.7 Å². The number of carbonyl (C=O) groups excluding carboxylic acids is 1. The van der Waals surface area contributed by atoms with Crippen molar-refractivity contribution in [3.8, 4) is 0 Å². The van der Waals surface area contributed by atoms with E-state index in [0.29, 0.717) is 25.7 Å². The highest BCUT2D eigenvalue weighted by atomic mass is 19.2. The topological polar surface area (TPSA) is 79.9 Å². The van der Waals surface area contributed by atoms with Gasteiger partial charge in [0.05, 0.1) is 25.3 Å². The average molecular weight is 312 g/mol. The van der Waals surface area contributed by atoms with Gasteiger partial charge in [-0.15, -0.1) is 0 Å². The second-order valence-electron chi connectivity index (χ2n) is 4.75. The molecule has 1 amide bonds. The standard InChI is InChI=1S/C13H11F3N4O2/c14-7-3-8(15)12(16)17-10(7)4-11(21)18-13-6-5-22-2-1-9(6)19-20-13/h3H,1-2,4-5H2,(H2,18,19,20,21). The minimum absolute atomic E-state index is 0.280. The van der Waals surface area contributed by atoms with Crippen LogP contribution in [0.4, 0.5) is 19.0 Å². The number of pyridine rings is 1. The summed E-state index contributed by atoms with van der Waals surface area (Å²) in [5.41, 5.74) is 1.11. The summed E-state index contributed by atoms with van der Waals surface area (Å²) in [6, 6.07) is 0.356. The molecule has 22 heavy (non-hydrogen) atoms. The van der Waals surface area contributed by atoms with Crippen molar-refractivity contribution in [1.29, 1.82) is 0 Å². The average Bonchev–Trinajstić information content (AvgIpc) is 2.88. The van der Waals surface area contributed by atoms with Gasteiger partial charge in [-0.3, -0.25) is 9.89 Å². The highest BCUT2D eigenvalue weighted by Crippen LogP contribution is 2.22. The molecule has 3 heterocycles. The van der Waals surface area contributed by atoms with E-state index in [1.165, 1.54) is 0 Å². The molecule has 0 spiro atoms. The minimum atomic E-state index is -1.45. The van der Waals surface area contributed by atoms with Crippen molar-refractivity contribution in [1.82, 2.24) is 15.2 Å². The van der Waals surface area contributed by atoms with Crippen molar-refractivity contribution in [3.63, 3.8) is 0 Å². The molecule has 0 radical (unpaired) electrons. The summed E-state index contributed by atoms with van der Waals surface area (Å²) < 4.78 is 44.5. The molecule has 2 aromatic rings. The van der Waals surface area contributed by atoms with Gasteiger partial charge in [0.1, 0.15) is 5.82 Å². The molecule has 2 aromatic heterocycles. The number of hydrogen-bond acceptors (Lipinski definition) is 4. The molecule has 0 fully saturated rings. The first kappa shape index (κ1) is 14.5. The maximum absolute atomic E-state index is 13.5. The van der Waals surface area contributed by atoms with E-state index in [2.05, 4.69) is 20.5 Å². The maximum atomic E-state index is 13.5. The molecule has 116 valence electrons. The van der Waals surface area contributed by atoms with E-state index in [1.807, 2.05) is 0 Å². The second-order valence-corrected chi connectivity index (χ2v) is 4.75. The fourth-order valence-electron chi connectivity index (χ4n) is 2.15. The van der Waals surface area contributed by atoms with Gasteiger partial charge in [0.25, 0.3) is 0 Å². The van der Waals surface area contributed by atoms with Crippen molar-refractivity contribution in [3.05, 3.63) is 40.6 Å². The normalized spacial score (nSPS) is 13.8. The first-order chi connectivity index (χ1) is 10.5. The van der Waals surface area contributed by atoms with Gasteiger partial charge in [0, 0.05) is 23.7 Å². The molecular weight excluding hydrogens is 301 g/mol. The first-order valence-corrected chi connectivity index (χ1v) is 6.48. The van der Waals surface area contributed by atoms with Crippen LogP contribution >= 0.6 is 0 Å². The van der Waals surface area contributed by atoms with Crippen LogP contribution in [0.5, 0.6) is 0 Å². The quantitative estimate of drug-likeness (QED) is 0.841. The van der Waals surface area contributed by atoms with Crippen LogP contribution in [0, 0.1) is 17.6 Å². The van der Waals surface area contributed by atoms with Crippen LogP contribution in [0.3, 0.4) is 0 Å². The van der Waals surface area contributed by atoms with Crippen LogP contribution in [0.1, 0.15) is 17.0 Å². The fourth-order valence-corrected chi connectivity index (χ4v) is 2.15. The van der Waals surface area contributed by atoms with Crippen molar-refractivity contribution in [2.45, 2.75) is 19.4 Å². The molecule has 0 aliphatic carbocycles.